The molecule has 0 fully saturated rings. The van der Waals surface area contributed by atoms with Crippen LogP contribution in [-0.2, 0) is 7.05 Å². The predicted molar refractivity (Wildman–Crippen MR) is 84.7 cm³/mol. The molecule has 1 aromatic carbocycles. The molecule has 2 aromatic rings. The summed E-state index contributed by atoms with van der Waals surface area (Å²) in [5.74, 6) is -1.65. The highest BCUT2D eigenvalue weighted by molar-refractivity contribution is 5.68. The number of ether oxygens (including phenoxy) is 2. The first-order valence-electron chi connectivity index (χ1n) is 7.37. The van der Waals surface area contributed by atoms with Crippen molar-refractivity contribution in [2.75, 3.05) is 13.7 Å². The number of rotatable bonds is 8. The number of allylic oxidation sites excluding steroid dienone is 1. The van der Waals surface area contributed by atoms with Gasteiger partial charge < -0.3 is 9.47 Å². The van der Waals surface area contributed by atoms with Gasteiger partial charge in [-0.3, -0.25) is 4.57 Å². The number of hydrogen-bond donors (Lipinski definition) is 0. The molecule has 0 N–H and O–H groups in total. The van der Waals surface area contributed by atoms with Gasteiger partial charge >= 0.3 is 0 Å². The van der Waals surface area contributed by atoms with Gasteiger partial charge in [0.25, 0.3) is 6.01 Å². The zero-order chi connectivity index (χ0) is 16.8. The van der Waals surface area contributed by atoms with Crippen molar-refractivity contribution in [1.82, 2.24) is 9.55 Å². The van der Waals surface area contributed by atoms with Crippen molar-refractivity contribution in [2.24, 2.45) is 7.05 Å². The lowest BCUT2D eigenvalue weighted by Crippen LogP contribution is -2.04. The van der Waals surface area contributed by atoms with E-state index in [0.717, 1.165) is 31.4 Å². The van der Waals surface area contributed by atoms with E-state index in [1.807, 2.05) is 6.08 Å². The van der Waals surface area contributed by atoms with Gasteiger partial charge in [0.1, 0.15) is 5.75 Å². The fourth-order valence-corrected chi connectivity index (χ4v) is 2.23. The van der Waals surface area contributed by atoms with Crippen molar-refractivity contribution in [3.63, 3.8) is 0 Å². The molecule has 0 saturated carbocycles. The molecule has 0 saturated heterocycles. The Labute approximate surface area is 134 Å². The number of aromatic nitrogens is 2. The second-order valence-corrected chi connectivity index (χ2v) is 5.08. The van der Waals surface area contributed by atoms with Crippen molar-refractivity contribution < 1.29 is 18.3 Å². The van der Waals surface area contributed by atoms with Crippen LogP contribution in [0.5, 0.6) is 11.8 Å². The van der Waals surface area contributed by atoms with Crippen LogP contribution in [0.25, 0.3) is 11.3 Å². The third-order valence-corrected chi connectivity index (χ3v) is 3.50. The third-order valence-electron chi connectivity index (χ3n) is 3.50. The summed E-state index contributed by atoms with van der Waals surface area (Å²) in [4.78, 5) is 4.19. The van der Waals surface area contributed by atoms with E-state index >= 15 is 0 Å². The highest BCUT2D eigenvalue weighted by atomic mass is 19.2. The van der Waals surface area contributed by atoms with E-state index < -0.39 is 11.6 Å². The minimum Gasteiger partial charge on any atom is -0.496 e. The van der Waals surface area contributed by atoms with Crippen LogP contribution in [0.15, 0.2) is 31.0 Å². The van der Waals surface area contributed by atoms with Crippen LogP contribution in [0.4, 0.5) is 8.78 Å². The molecule has 2 rings (SSSR count). The molecule has 0 spiro atoms. The Balaban J connectivity index is 2.19. The number of imidazole rings is 1. The number of methoxy groups -OCH3 is 1. The number of halogens is 2. The first-order chi connectivity index (χ1) is 11.1. The Hall–Kier alpha value is -2.37. The van der Waals surface area contributed by atoms with Gasteiger partial charge in [0.15, 0.2) is 11.6 Å². The summed E-state index contributed by atoms with van der Waals surface area (Å²) >= 11 is 0. The van der Waals surface area contributed by atoms with Gasteiger partial charge in [-0.2, -0.15) is 0 Å². The molecule has 0 atom stereocenters. The minimum absolute atomic E-state index is 0.240. The van der Waals surface area contributed by atoms with Crippen molar-refractivity contribution >= 4 is 0 Å². The molecule has 0 radical (unpaired) electrons. The SMILES string of the molecule is C=CCCCCOc1ncc(-c2cc(F)c(F)cc2OC)n1C. The number of benzene rings is 1. The van der Waals surface area contributed by atoms with Crippen LogP contribution >= 0.6 is 0 Å². The predicted octanol–water partition coefficient (Wildman–Crippen LogP) is 4.11. The van der Waals surface area contributed by atoms with E-state index in [0.29, 0.717) is 23.9 Å². The van der Waals surface area contributed by atoms with Gasteiger partial charge in [0.05, 0.1) is 25.6 Å². The monoisotopic (exact) mass is 322 g/mol. The molecular formula is C17H20F2N2O2. The molecule has 4 nitrogen and oxygen atoms in total. The molecule has 0 aliphatic rings. The maximum atomic E-state index is 13.5. The van der Waals surface area contributed by atoms with Gasteiger partial charge in [0.2, 0.25) is 0 Å². The molecule has 0 amide bonds. The van der Waals surface area contributed by atoms with Crippen LogP contribution < -0.4 is 9.47 Å². The van der Waals surface area contributed by atoms with Crippen LogP contribution in [0.3, 0.4) is 0 Å². The fraction of sp³-hybridized carbons (Fsp3) is 0.353. The zero-order valence-corrected chi connectivity index (χ0v) is 13.3. The third kappa shape index (κ3) is 3.88. The van der Waals surface area contributed by atoms with Crippen molar-refractivity contribution in [3.8, 4) is 23.0 Å². The average molecular weight is 322 g/mol. The zero-order valence-electron chi connectivity index (χ0n) is 13.3. The van der Waals surface area contributed by atoms with Crippen molar-refractivity contribution in [2.45, 2.75) is 19.3 Å². The normalized spacial score (nSPS) is 10.6. The van der Waals surface area contributed by atoms with Crippen LogP contribution in [0.2, 0.25) is 0 Å². The average Bonchev–Trinajstić information content (AvgIpc) is 2.90. The molecule has 0 aliphatic carbocycles. The quantitative estimate of drug-likeness (QED) is 0.542. The van der Waals surface area contributed by atoms with Gasteiger partial charge in [-0.15, -0.1) is 6.58 Å². The van der Waals surface area contributed by atoms with Crippen molar-refractivity contribution in [3.05, 3.63) is 42.6 Å². The number of unbranched alkanes of at least 4 members (excludes halogenated alkanes) is 2. The van der Waals surface area contributed by atoms with Crippen LogP contribution in [0.1, 0.15) is 19.3 Å². The van der Waals surface area contributed by atoms with Gasteiger partial charge in [0, 0.05) is 18.7 Å². The second kappa shape index (κ2) is 7.76. The van der Waals surface area contributed by atoms with Gasteiger partial charge in [-0.05, 0) is 25.3 Å². The summed E-state index contributed by atoms with van der Waals surface area (Å²) in [5.41, 5.74) is 1.00. The van der Waals surface area contributed by atoms with E-state index in [4.69, 9.17) is 9.47 Å². The maximum Gasteiger partial charge on any atom is 0.296 e. The van der Waals surface area contributed by atoms with E-state index in [2.05, 4.69) is 11.6 Å². The Bertz CT molecular complexity index is 683. The standard InChI is InChI=1S/C17H20F2N2O2/c1-4-5-6-7-8-23-17-20-11-15(21(17)2)12-9-13(18)14(19)10-16(12)22-3/h4,9-11H,1,5-8H2,2-3H3. The Morgan fingerprint density at radius 3 is 2.70 bits per heavy atom. The summed E-state index contributed by atoms with van der Waals surface area (Å²) < 4.78 is 39.3. The van der Waals surface area contributed by atoms with Crippen LogP contribution in [-0.4, -0.2) is 23.3 Å². The molecule has 1 heterocycles. The molecule has 23 heavy (non-hydrogen) atoms. The Kier molecular flexibility index (Phi) is 5.73. The summed E-state index contributed by atoms with van der Waals surface area (Å²) in [6.07, 6.45) is 6.25. The lowest BCUT2D eigenvalue weighted by molar-refractivity contribution is 0.275. The largest absolute Gasteiger partial charge is 0.496 e. The Morgan fingerprint density at radius 1 is 1.26 bits per heavy atom. The Morgan fingerprint density at radius 2 is 2.00 bits per heavy atom. The highest BCUT2D eigenvalue weighted by Gasteiger charge is 2.17. The molecule has 6 heteroatoms. The summed E-state index contributed by atoms with van der Waals surface area (Å²) in [5, 5.41) is 0. The summed E-state index contributed by atoms with van der Waals surface area (Å²) in [6, 6.07) is 2.54. The van der Waals surface area contributed by atoms with Gasteiger partial charge in [-0.25, -0.2) is 13.8 Å². The van der Waals surface area contributed by atoms with E-state index in [9.17, 15) is 8.78 Å². The van der Waals surface area contributed by atoms with E-state index in [-0.39, 0.29) is 5.75 Å². The molecule has 0 unspecified atom stereocenters. The summed E-state index contributed by atoms with van der Waals surface area (Å²) in [7, 11) is 3.16. The highest BCUT2D eigenvalue weighted by Crippen LogP contribution is 2.33. The number of hydrogen-bond acceptors (Lipinski definition) is 3. The summed E-state index contributed by atoms with van der Waals surface area (Å²) in [6.45, 7) is 4.21. The fourth-order valence-electron chi connectivity index (χ4n) is 2.23. The lowest BCUT2D eigenvalue weighted by Gasteiger charge is -2.11. The number of nitrogens with zero attached hydrogens (tertiary/aromatic N) is 2. The minimum atomic E-state index is -0.952. The first-order valence-corrected chi connectivity index (χ1v) is 7.37. The first kappa shape index (κ1) is 17.0. The molecule has 124 valence electrons. The maximum absolute atomic E-state index is 13.5. The van der Waals surface area contributed by atoms with E-state index in [1.165, 1.54) is 7.11 Å². The van der Waals surface area contributed by atoms with Crippen LogP contribution in [0, 0.1) is 11.6 Å². The molecular weight excluding hydrogens is 302 g/mol. The van der Waals surface area contributed by atoms with Gasteiger partial charge in [-0.1, -0.05) is 6.08 Å². The van der Waals surface area contributed by atoms with Crippen molar-refractivity contribution in [1.29, 1.82) is 0 Å². The molecule has 0 bridgehead atoms. The second-order valence-electron chi connectivity index (χ2n) is 5.08. The van der Waals surface area contributed by atoms with E-state index in [1.54, 1.807) is 17.8 Å². The molecule has 0 aliphatic heterocycles. The molecule has 1 aromatic heterocycles. The topological polar surface area (TPSA) is 36.3 Å². The smallest absolute Gasteiger partial charge is 0.296 e. The lowest BCUT2D eigenvalue weighted by atomic mass is 10.1.